The maximum atomic E-state index is 11.3. The van der Waals surface area contributed by atoms with Gasteiger partial charge in [-0.05, 0) is 25.8 Å². The highest BCUT2D eigenvalue weighted by Gasteiger charge is 1.96. The van der Waals surface area contributed by atoms with Gasteiger partial charge in [-0.2, -0.15) is 0 Å². The summed E-state index contributed by atoms with van der Waals surface area (Å²) in [7, 11) is 0. The van der Waals surface area contributed by atoms with E-state index in [1.54, 1.807) is 0 Å². The molecule has 0 rings (SSSR count). The Bertz CT molecular complexity index is 230. The molecule has 0 aliphatic carbocycles. The highest BCUT2D eigenvalue weighted by molar-refractivity contribution is 5.77. The SMILES string of the molecule is CC/C=C/CC(=O)NCNCCCCCCCCO. The Balaban J connectivity index is 3.13. The van der Waals surface area contributed by atoms with Crippen LogP contribution in [0.4, 0.5) is 0 Å². The van der Waals surface area contributed by atoms with E-state index in [9.17, 15) is 4.79 Å². The van der Waals surface area contributed by atoms with Crippen LogP contribution in [-0.4, -0.2) is 30.8 Å². The van der Waals surface area contributed by atoms with E-state index in [2.05, 4.69) is 17.6 Å². The van der Waals surface area contributed by atoms with Gasteiger partial charge in [-0.15, -0.1) is 0 Å². The van der Waals surface area contributed by atoms with Crippen molar-refractivity contribution in [3.63, 3.8) is 0 Å². The van der Waals surface area contributed by atoms with Crippen molar-refractivity contribution in [1.29, 1.82) is 0 Å². The minimum absolute atomic E-state index is 0.0706. The molecule has 19 heavy (non-hydrogen) atoms. The lowest BCUT2D eigenvalue weighted by Crippen LogP contribution is -2.33. The second kappa shape index (κ2) is 15.2. The summed E-state index contributed by atoms with van der Waals surface area (Å²) < 4.78 is 0. The summed E-state index contributed by atoms with van der Waals surface area (Å²) >= 11 is 0. The smallest absolute Gasteiger partial charge is 0.224 e. The highest BCUT2D eigenvalue weighted by atomic mass is 16.2. The fourth-order valence-electron chi connectivity index (χ4n) is 1.75. The zero-order valence-electron chi connectivity index (χ0n) is 12.3. The van der Waals surface area contributed by atoms with Crippen LogP contribution < -0.4 is 10.6 Å². The number of hydrogen-bond donors (Lipinski definition) is 3. The second-order valence-electron chi connectivity index (χ2n) is 4.71. The van der Waals surface area contributed by atoms with Crippen LogP contribution in [0.2, 0.25) is 0 Å². The first kappa shape index (κ1) is 18.1. The van der Waals surface area contributed by atoms with Gasteiger partial charge in [-0.1, -0.05) is 44.8 Å². The topological polar surface area (TPSA) is 61.4 Å². The van der Waals surface area contributed by atoms with E-state index in [4.69, 9.17) is 5.11 Å². The number of aliphatic hydroxyl groups excluding tert-OH is 1. The summed E-state index contributed by atoms with van der Waals surface area (Å²) in [5.41, 5.74) is 0. The van der Waals surface area contributed by atoms with E-state index < -0.39 is 0 Å². The molecule has 0 radical (unpaired) electrons. The minimum atomic E-state index is 0.0706. The zero-order chi connectivity index (χ0) is 14.2. The lowest BCUT2D eigenvalue weighted by molar-refractivity contribution is -0.120. The number of nitrogens with one attached hydrogen (secondary N) is 2. The molecule has 0 aromatic rings. The Hall–Kier alpha value is -0.870. The third-order valence-corrected chi connectivity index (χ3v) is 2.88. The summed E-state index contributed by atoms with van der Waals surface area (Å²) in [5.74, 6) is 0.0706. The van der Waals surface area contributed by atoms with Gasteiger partial charge in [0.2, 0.25) is 5.91 Å². The molecule has 0 aliphatic rings. The summed E-state index contributed by atoms with van der Waals surface area (Å²) in [5, 5.41) is 14.7. The average Bonchev–Trinajstić information content (AvgIpc) is 2.41. The van der Waals surface area contributed by atoms with Gasteiger partial charge in [0.15, 0.2) is 0 Å². The lowest BCUT2D eigenvalue weighted by atomic mass is 10.1. The number of carbonyl (C=O) groups excluding carboxylic acids is 1. The van der Waals surface area contributed by atoms with Crippen LogP contribution in [0.1, 0.15) is 58.3 Å². The molecule has 0 saturated heterocycles. The van der Waals surface area contributed by atoms with Crippen molar-refractivity contribution in [2.75, 3.05) is 19.8 Å². The second-order valence-corrected chi connectivity index (χ2v) is 4.71. The van der Waals surface area contributed by atoms with E-state index in [1.807, 2.05) is 12.2 Å². The maximum Gasteiger partial charge on any atom is 0.224 e. The fourth-order valence-corrected chi connectivity index (χ4v) is 1.75. The maximum absolute atomic E-state index is 11.3. The molecule has 112 valence electrons. The number of amides is 1. The molecule has 3 N–H and O–H groups in total. The van der Waals surface area contributed by atoms with Crippen LogP contribution in [-0.2, 0) is 4.79 Å². The molecular formula is C15H30N2O2. The molecule has 0 unspecified atom stereocenters. The van der Waals surface area contributed by atoms with Crippen molar-refractivity contribution in [2.24, 2.45) is 0 Å². The van der Waals surface area contributed by atoms with Gasteiger partial charge in [-0.25, -0.2) is 0 Å². The molecule has 0 bridgehead atoms. The first-order valence-electron chi connectivity index (χ1n) is 7.54. The normalized spacial score (nSPS) is 11.1. The molecule has 0 aromatic heterocycles. The number of hydrogen-bond acceptors (Lipinski definition) is 3. The predicted molar refractivity (Wildman–Crippen MR) is 79.8 cm³/mol. The van der Waals surface area contributed by atoms with Crippen LogP contribution >= 0.6 is 0 Å². The van der Waals surface area contributed by atoms with E-state index in [0.29, 0.717) is 19.7 Å². The van der Waals surface area contributed by atoms with Crippen LogP contribution in [0.25, 0.3) is 0 Å². The predicted octanol–water partition coefficient (Wildman–Crippen LogP) is 2.34. The molecule has 0 aliphatic heterocycles. The van der Waals surface area contributed by atoms with Gasteiger partial charge in [-0.3, -0.25) is 10.1 Å². The zero-order valence-corrected chi connectivity index (χ0v) is 12.3. The number of allylic oxidation sites excluding steroid dienone is 1. The van der Waals surface area contributed by atoms with Gasteiger partial charge in [0.25, 0.3) is 0 Å². The Morgan fingerprint density at radius 1 is 1.05 bits per heavy atom. The van der Waals surface area contributed by atoms with Crippen molar-refractivity contribution in [3.05, 3.63) is 12.2 Å². The molecular weight excluding hydrogens is 240 g/mol. The van der Waals surface area contributed by atoms with Crippen LogP contribution in [0.5, 0.6) is 0 Å². The third-order valence-electron chi connectivity index (χ3n) is 2.88. The van der Waals surface area contributed by atoms with Crippen molar-refractivity contribution in [3.8, 4) is 0 Å². The Labute approximate surface area is 117 Å². The number of rotatable bonds is 13. The standard InChI is InChI=1S/C15H30N2O2/c1-2-3-8-11-15(19)17-14-16-12-9-6-4-5-7-10-13-18/h3,8,16,18H,2,4-7,9-14H2,1H3,(H,17,19)/b8-3+. The van der Waals surface area contributed by atoms with E-state index in [0.717, 1.165) is 32.2 Å². The number of aliphatic hydroxyl groups is 1. The Morgan fingerprint density at radius 2 is 1.74 bits per heavy atom. The molecule has 0 fully saturated rings. The summed E-state index contributed by atoms with van der Waals surface area (Å²) in [6.07, 6.45) is 12.2. The highest BCUT2D eigenvalue weighted by Crippen LogP contribution is 2.04. The summed E-state index contributed by atoms with van der Waals surface area (Å²) in [6, 6.07) is 0. The minimum Gasteiger partial charge on any atom is -0.396 e. The molecule has 0 heterocycles. The van der Waals surface area contributed by atoms with Gasteiger partial charge in [0, 0.05) is 13.0 Å². The Kier molecular flexibility index (Phi) is 14.5. The van der Waals surface area contributed by atoms with Gasteiger partial charge < -0.3 is 10.4 Å². The monoisotopic (exact) mass is 270 g/mol. The molecule has 4 heteroatoms. The quantitative estimate of drug-likeness (QED) is 0.273. The van der Waals surface area contributed by atoms with Crippen molar-refractivity contribution in [2.45, 2.75) is 58.3 Å². The molecule has 0 atom stereocenters. The third kappa shape index (κ3) is 15.1. The van der Waals surface area contributed by atoms with Crippen LogP contribution in [0.3, 0.4) is 0 Å². The van der Waals surface area contributed by atoms with Crippen LogP contribution in [0, 0.1) is 0 Å². The van der Waals surface area contributed by atoms with E-state index >= 15 is 0 Å². The summed E-state index contributed by atoms with van der Waals surface area (Å²) in [4.78, 5) is 11.3. The molecule has 1 amide bonds. The number of carbonyl (C=O) groups is 1. The molecule has 0 spiro atoms. The van der Waals surface area contributed by atoms with E-state index in [-0.39, 0.29) is 5.91 Å². The number of unbranched alkanes of at least 4 members (excludes halogenated alkanes) is 5. The average molecular weight is 270 g/mol. The summed E-state index contributed by atoms with van der Waals surface area (Å²) in [6.45, 7) is 3.88. The van der Waals surface area contributed by atoms with E-state index in [1.165, 1.54) is 19.3 Å². The first-order chi connectivity index (χ1) is 9.31. The van der Waals surface area contributed by atoms with Gasteiger partial charge >= 0.3 is 0 Å². The largest absolute Gasteiger partial charge is 0.396 e. The van der Waals surface area contributed by atoms with Gasteiger partial charge in [0.1, 0.15) is 0 Å². The molecule has 0 saturated carbocycles. The van der Waals surface area contributed by atoms with Crippen molar-refractivity contribution in [1.82, 2.24) is 10.6 Å². The Morgan fingerprint density at radius 3 is 2.42 bits per heavy atom. The van der Waals surface area contributed by atoms with Crippen molar-refractivity contribution >= 4 is 5.91 Å². The van der Waals surface area contributed by atoms with Crippen LogP contribution in [0.15, 0.2) is 12.2 Å². The van der Waals surface area contributed by atoms with Gasteiger partial charge in [0.05, 0.1) is 6.67 Å². The molecule has 0 aromatic carbocycles. The van der Waals surface area contributed by atoms with Crippen molar-refractivity contribution < 1.29 is 9.90 Å². The molecule has 4 nitrogen and oxygen atoms in total. The fraction of sp³-hybridized carbons (Fsp3) is 0.800. The first-order valence-corrected chi connectivity index (χ1v) is 7.54. The lowest BCUT2D eigenvalue weighted by Gasteiger charge is -2.06.